The van der Waals surface area contributed by atoms with E-state index >= 15 is 0 Å². The third kappa shape index (κ3) is 5.06. The number of amides is 1. The molecule has 2 aromatic rings. The van der Waals surface area contributed by atoms with Crippen molar-refractivity contribution in [1.82, 2.24) is 25.1 Å². The summed E-state index contributed by atoms with van der Waals surface area (Å²) >= 11 is 1.46. The second-order valence-corrected chi connectivity index (χ2v) is 8.32. The van der Waals surface area contributed by atoms with E-state index in [2.05, 4.69) is 45.8 Å². The number of rotatable bonds is 9. The Morgan fingerprint density at radius 2 is 2.12 bits per heavy atom. The average molecular weight is 374 g/mol. The van der Waals surface area contributed by atoms with Gasteiger partial charge in [-0.05, 0) is 50.7 Å². The van der Waals surface area contributed by atoms with Crippen LogP contribution in [-0.4, -0.2) is 37.5 Å². The van der Waals surface area contributed by atoms with Crippen LogP contribution in [0.3, 0.4) is 0 Å². The highest BCUT2D eigenvalue weighted by Crippen LogP contribution is 2.40. The van der Waals surface area contributed by atoms with Crippen LogP contribution in [0.25, 0.3) is 11.4 Å². The molecule has 0 bridgehead atoms. The zero-order valence-corrected chi connectivity index (χ0v) is 16.5. The Morgan fingerprint density at radius 1 is 1.31 bits per heavy atom. The van der Waals surface area contributed by atoms with E-state index in [1.807, 2.05) is 12.1 Å². The van der Waals surface area contributed by atoms with Gasteiger partial charge in [0.05, 0.1) is 5.75 Å². The lowest BCUT2D eigenvalue weighted by atomic mass is 10.0. The summed E-state index contributed by atoms with van der Waals surface area (Å²) in [4.78, 5) is 16.4. The number of nitrogens with zero attached hydrogens (tertiary/aromatic N) is 4. The van der Waals surface area contributed by atoms with Gasteiger partial charge in [0.1, 0.15) is 0 Å². The van der Waals surface area contributed by atoms with Crippen LogP contribution in [0.5, 0.6) is 0 Å². The Kier molecular flexibility index (Phi) is 6.29. The van der Waals surface area contributed by atoms with Crippen molar-refractivity contribution in [2.24, 2.45) is 5.92 Å². The summed E-state index contributed by atoms with van der Waals surface area (Å²) in [6, 6.07) is 4.54. The fourth-order valence-corrected chi connectivity index (χ4v) is 3.65. The fourth-order valence-electron chi connectivity index (χ4n) is 2.83. The van der Waals surface area contributed by atoms with Crippen LogP contribution in [0.2, 0.25) is 0 Å². The number of hydrogen-bond acceptors (Lipinski definition) is 5. The minimum Gasteiger partial charge on any atom is -0.353 e. The maximum Gasteiger partial charge on any atom is 0.230 e. The summed E-state index contributed by atoms with van der Waals surface area (Å²) in [5.41, 5.74) is 0.963. The molecule has 140 valence electrons. The number of carbonyl (C=O) groups excluding carboxylic acids is 1. The molecule has 1 unspecified atom stereocenters. The van der Waals surface area contributed by atoms with Gasteiger partial charge in [0.15, 0.2) is 11.0 Å². The Labute approximate surface area is 159 Å². The van der Waals surface area contributed by atoms with Crippen molar-refractivity contribution in [2.75, 3.05) is 5.75 Å². The van der Waals surface area contributed by atoms with E-state index in [4.69, 9.17) is 0 Å². The zero-order valence-electron chi connectivity index (χ0n) is 15.7. The Bertz CT molecular complexity index is 727. The van der Waals surface area contributed by atoms with Gasteiger partial charge in [-0.25, -0.2) is 0 Å². The fraction of sp³-hybridized carbons (Fsp3) is 0.579. The first-order valence-corrected chi connectivity index (χ1v) is 10.3. The Morgan fingerprint density at radius 3 is 2.77 bits per heavy atom. The average Bonchev–Trinajstić information content (AvgIpc) is 3.38. The summed E-state index contributed by atoms with van der Waals surface area (Å²) < 4.78 is 2.16. The van der Waals surface area contributed by atoms with E-state index in [0.717, 1.165) is 42.2 Å². The standard InChI is InChI=1S/C19H27N5OS/c1-13(2)6-7-14(3)21-17(25)12-26-19-23-22-18(24(19)16-8-9-16)15-5-4-10-20-11-15/h4-5,10-11,13-14,16H,6-9,12H2,1-3H3,(H,21,25). The summed E-state index contributed by atoms with van der Waals surface area (Å²) in [6.45, 7) is 6.47. The molecular weight excluding hydrogens is 346 g/mol. The lowest BCUT2D eigenvalue weighted by Crippen LogP contribution is -2.34. The Hall–Kier alpha value is -1.89. The second kappa shape index (κ2) is 8.66. The van der Waals surface area contributed by atoms with E-state index in [-0.39, 0.29) is 11.9 Å². The lowest BCUT2D eigenvalue weighted by Gasteiger charge is -2.15. The molecule has 0 radical (unpaired) electrons. The van der Waals surface area contributed by atoms with Gasteiger partial charge in [0.2, 0.25) is 5.91 Å². The normalized spacial score (nSPS) is 15.2. The van der Waals surface area contributed by atoms with E-state index in [9.17, 15) is 4.79 Å². The van der Waals surface area contributed by atoms with Gasteiger partial charge >= 0.3 is 0 Å². The highest BCUT2D eigenvalue weighted by atomic mass is 32.2. The third-order valence-corrected chi connectivity index (χ3v) is 5.36. The van der Waals surface area contributed by atoms with Gasteiger partial charge < -0.3 is 5.32 Å². The number of thioether (sulfide) groups is 1. The molecule has 26 heavy (non-hydrogen) atoms. The van der Waals surface area contributed by atoms with Crippen LogP contribution in [0, 0.1) is 5.92 Å². The summed E-state index contributed by atoms with van der Waals surface area (Å²) in [5.74, 6) is 1.92. The third-order valence-electron chi connectivity index (χ3n) is 4.41. The van der Waals surface area contributed by atoms with Crippen molar-refractivity contribution >= 4 is 17.7 Å². The van der Waals surface area contributed by atoms with Crippen molar-refractivity contribution < 1.29 is 4.79 Å². The van der Waals surface area contributed by atoms with Crippen molar-refractivity contribution in [3.63, 3.8) is 0 Å². The maximum atomic E-state index is 12.2. The van der Waals surface area contributed by atoms with E-state index in [0.29, 0.717) is 17.7 Å². The van der Waals surface area contributed by atoms with Gasteiger partial charge in [-0.1, -0.05) is 25.6 Å². The van der Waals surface area contributed by atoms with Crippen LogP contribution in [0.1, 0.15) is 52.5 Å². The van der Waals surface area contributed by atoms with Gasteiger partial charge in [0, 0.05) is 30.0 Å². The molecule has 2 aromatic heterocycles. The number of nitrogens with one attached hydrogen (secondary N) is 1. The lowest BCUT2D eigenvalue weighted by molar-refractivity contribution is -0.119. The predicted octanol–water partition coefficient (Wildman–Crippen LogP) is 3.71. The first-order chi connectivity index (χ1) is 12.5. The molecule has 0 saturated heterocycles. The summed E-state index contributed by atoms with van der Waals surface area (Å²) in [6.07, 6.45) is 7.97. The number of pyridine rings is 1. The van der Waals surface area contributed by atoms with Crippen LogP contribution in [-0.2, 0) is 4.79 Å². The van der Waals surface area contributed by atoms with Crippen LogP contribution in [0.4, 0.5) is 0 Å². The highest BCUT2D eigenvalue weighted by molar-refractivity contribution is 7.99. The van der Waals surface area contributed by atoms with Crippen molar-refractivity contribution in [3.05, 3.63) is 24.5 Å². The van der Waals surface area contributed by atoms with Gasteiger partial charge in [-0.15, -0.1) is 10.2 Å². The first kappa shape index (κ1) is 18.9. The van der Waals surface area contributed by atoms with E-state index in [1.54, 1.807) is 12.4 Å². The second-order valence-electron chi connectivity index (χ2n) is 7.38. The smallest absolute Gasteiger partial charge is 0.230 e. The number of hydrogen-bond donors (Lipinski definition) is 1. The summed E-state index contributed by atoms with van der Waals surface area (Å²) in [5, 5.41) is 12.6. The topological polar surface area (TPSA) is 72.7 Å². The van der Waals surface area contributed by atoms with Crippen LogP contribution >= 0.6 is 11.8 Å². The predicted molar refractivity (Wildman–Crippen MR) is 104 cm³/mol. The molecule has 0 aromatic carbocycles. The Balaban J connectivity index is 1.60. The number of aromatic nitrogens is 4. The minimum atomic E-state index is 0.0551. The molecule has 7 heteroatoms. The highest BCUT2D eigenvalue weighted by Gasteiger charge is 2.30. The molecule has 0 aliphatic heterocycles. The van der Waals surface area contributed by atoms with Crippen molar-refractivity contribution in [1.29, 1.82) is 0 Å². The SMILES string of the molecule is CC(C)CCC(C)NC(=O)CSc1nnc(-c2cccnc2)n1C1CC1. The molecule has 1 aliphatic carbocycles. The monoisotopic (exact) mass is 373 g/mol. The molecule has 1 atom stereocenters. The molecule has 1 N–H and O–H groups in total. The quantitative estimate of drug-likeness (QED) is 0.678. The van der Waals surface area contributed by atoms with E-state index < -0.39 is 0 Å². The molecule has 3 rings (SSSR count). The maximum absolute atomic E-state index is 12.2. The molecule has 0 spiro atoms. The van der Waals surface area contributed by atoms with Crippen LogP contribution < -0.4 is 5.32 Å². The minimum absolute atomic E-state index is 0.0551. The molecule has 1 amide bonds. The summed E-state index contributed by atoms with van der Waals surface area (Å²) in [7, 11) is 0. The van der Waals surface area contributed by atoms with Crippen molar-refractivity contribution in [3.8, 4) is 11.4 Å². The number of carbonyl (C=O) groups is 1. The molecule has 1 saturated carbocycles. The van der Waals surface area contributed by atoms with Gasteiger partial charge in [-0.3, -0.25) is 14.3 Å². The van der Waals surface area contributed by atoms with Gasteiger partial charge in [-0.2, -0.15) is 0 Å². The molecule has 6 nitrogen and oxygen atoms in total. The van der Waals surface area contributed by atoms with Gasteiger partial charge in [0.25, 0.3) is 0 Å². The molecule has 2 heterocycles. The van der Waals surface area contributed by atoms with E-state index in [1.165, 1.54) is 11.8 Å². The van der Waals surface area contributed by atoms with Crippen molar-refractivity contribution in [2.45, 2.75) is 63.7 Å². The molecule has 1 fully saturated rings. The first-order valence-electron chi connectivity index (χ1n) is 9.32. The zero-order chi connectivity index (χ0) is 18.5. The van der Waals surface area contributed by atoms with Crippen LogP contribution in [0.15, 0.2) is 29.7 Å². The molecule has 1 aliphatic rings. The molecular formula is C19H27N5OS. The largest absolute Gasteiger partial charge is 0.353 e.